The van der Waals surface area contributed by atoms with E-state index in [9.17, 15) is 0 Å². The Labute approximate surface area is 180 Å². The number of nitrogens with zero attached hydrogens (tertiary/aromatic N) is 2. The number of hydrogen-bond acceptors (Lipinski definition) is 3. The van der Waals surface area contributed by atoms with Crippen molar-refractivity contribution in [1.29, 1.82) is 0 Å². The first-order valence-corrected chi connectivity index (χ1v) is 10.9. The molecule has 0 bridgehead atoms. The van der Waals surface area contributed by atoms with Crippen LogP contribution < -0.4 is 0 Å². The fraction of sp³-hybridized carbons (Fsp3) is 0.296. The molecular weight excluding hydrogens is 368 g/mol. The van der Waals surface area contributed by atoms with Gasteiger partial charge < -0.3 is 9.64 Å². The van der Waals surface area contributed by atoms with Crippen molar-refractivity contribution in [1.82, 2.24) is 9.88 Å². The van der Waals surface area contributed by atoms with E-state index < -0.39 is 0 Å². The zero-order valence-corrected chi connectivity index (χ0v) is 17.5. The highest BCUT2D eigenvalue weighted by atomic mass is 16.5. The summed E-state index contributed by atoms with van der Waals surface area (Å²) in [7, 11) is 0. The van der Waals surface area contributed by atoms with E-state index in [-0.39, 0.29) is 0 Å². The minimum atomic E-state index is 0.602. The summed E-state index contributed by atoms with van der Waals surface area (Å²) in [5.74, 6) is 0. The number of benzene rings is 2. The summed E-state index contributed by atoms with van der Waals surface area (Å²) in [6.45, 7) is 4.74. The Balaban J connectivity index is 1.31. The molecule has 1 saturated heterocycles. The number of pyridine rings is 1. The summed E-state index contributed by atoms with van der Waals surface area (Å²) in [4.78, 5) is 6.87. The third kappa shape index (κ3) is 5.65. The van der Waals surface area contributed by atoms with Gasteiger partial charge in [-0.25, -0.2) is 0 Å². The predicted molar refractivity (Wildman–Crippen MR) is 123 cm³/mol. The predicted octanol–water partition coefficient (Wildman–Crippen LogP) is 5.59. The van der Waals surface area contributed by atoms with Crippen LogP contribution in [0.15, 0.2) is 90.6 Å². The van der Waals surface area contributed by atoms with Gasteiger partial charge in [0.2, 0.25) is 0 Å². The largest absolute Gasteiger partial charge is 0.375 e. The maximum Gasteiger partial charge on any atom is 0.0887 e. The summed E-state index contributed by atoms with van der Waals surface area (Å²) in [6, 6.07) is 27.6. The third-order valence-electron chi connectivity index (χ3n) is 5.68. The SMILES string of the molecule is c1ccc(C(=C2CCN(CCCOCc3ccccn3)CC2)c2ccccc2)cc1. The van der Waals surface area contributed by atoms with E-state index in [4.69, 9.17) is 4.74 Å². The Morgan fingerprint density at radius 3 is 2.03 bits per heavy atom. The topological polar surface area (TPSA) is 25.4 Å². The molecule has 0 unspecified atom stereocenters. The van der Waals surface area contributed by atoms with Crippen LogP contribution >= 0.6 is 0 Å². The average Bonchev–Trinajstić information content (AvgIpc) is 2.82. The normalized spacial score (nSPS) is 14.6. The summed E-state index contributed by atoms with van der Waals surface area (Å²) >= 11 is 0. The Morgan fingerprint density at radius 1 is 0.800 bits per heavy atom. The van der Waals surface area contributed by atoms with E-state index in [0.717, 1.165) is 51.2 Å². The van der Waals surface area contributed by atoms with Crippen molar-refractivity contribution in [3.63, 3.8) is 0 Å². The number of ether oxygens (including phenoxy) is 1. The molecule has 1 aliphatic heterocycles. The molecule has 0 N–H and O–H groups in total. The van der Waals surface area contributed by atoms with Crippen LogP contribution in [-0.4, -0.2) is 36.1 Å². The van der Waals surface area contributed by atoms with Crippen molar-refractivity contribution in [2.75, 3.05) is 26.2 Å². The van der Waals surface area contributed by atoms with Crippen molar-refractivity contribution in [2.45, 2.75) is 25.9 Å². The lowest BCUT2D eigenvalue weighted by Crippen LogP contribution is -2.32. The molecule has 1 aliphatic rings. The van der Waals surface area contributed by atoms with Gasteiger partial charge in [0.05, 0.1) is 12.3 Å². The molecule has 0 radical (unpaired) electrons. The van der Waals surface area contributed by atoms with Gasteiger partial charge in [0, 0.05) is 32.4 Å². The number of hydrogen-bond donors (Lipinski definition) is 0. The minimum absolute atomic E-state index is 0.602. The van der Waals surface area contributed by atoms with Gasteiger partial charge in [-0.05, 0) is 48.1 Å². The molecule has 1 fully saturated rings. The molecule has 0 aliphatic carbocycles. The van der Waals surface area contributed by atoms with Crippen molar-refractivity contribution in [2.24, 2.45) is 0 Å². The van der Waals surface area contributed by atoms with Crippen LogP contribution in [0.4, 0.5) is 0 Å². The van der Waals surface area contributed by atoms with Gasteiger partial charge in [0.25, 0.3) is 0 Å². The molecule has 1 aromatic heterocycles. The summed E-state index contributed by atoms with van der Waals surface area (Å²) in [6.07, 6.45) is 5.15. The fourth-order valence-corrected chi connectivity index (χ4v) is 4.13. The number of likely N-dealkylation sites (tertiary alicyclic amines) is 1. The third-order valence-corrected chi connectivity index (χ3v) is 5.68. The molecule has 2 heterocycles. The standard InChI is InChI=1S/C27H30N2O/c1-3-10-23(11-4-1)27(24-12-5-2-6-13-24)25-15-19-29(20-16-25)18-9-21-30-22-26-14-7-8-17-28-26/h1-8,10-14,17H,9,15-16,18-22H2. The Kier molecular flexibility index (Phi) is 7.43. The zero-order chi connectivity index (χ0) is 20.4. The van der Waals surface area contributed by atoms with Crippen LogP contribution in [0.1, 0.15) is 36.1 Å². The summed E-state index contributed by atoms with van der Waals surface area (Å²) in [5, 5.41) is 0. The van der Waals surface area contributed by atoms with E-state index in [1.54, 1.807) is 5.57 Å². The van der Waals surface area contributed by atoms with Gasteiger partial charge in [0.1, 0.15) is 0 Å². The Morgan fingerprint density at radius 2 is 1.43 bits per heavy atom. The van der Waals surface area contributed by atoms with Crippen LogP contribution in [0.5, 0.6) is 0 Å². The van der Waals surface area contributed by atoms with Gasteiger partial charge in [0.15, 0.2) is 0 Å². The van der Waals surface area contributed by atoms with Gasteiger partial charge in [-0.1, -0.05) is 72.3 Å². The van der Waals surface area contributed by atoms with Gasteiger partial charge in [-0.2, -0.15) is 0 Å². The Hall–Kier alpha value is -2.75. The summed E-state index contributed by atoms with van der Waals surface area (Å²) in [5.41, 5.74) is 6.66. The maximum absolute atomic E-state index is 5.79. The van der Waals surface area contributed by atoms with Crippen LogP contribution in [0.3, 0.4) is 0 Å². The molecule has 3 heteroatoms. The Bertz CT molecular complexity index is 871. The van der Waals surface area contributed by atoms with Crippen molar-refractivity contribution < 1.29 is 4.74 Å². The molecule has 30 heavy (non-hydrogen) atoms. The van der Waals surface area contributed by atoms with E-state index in [1.165, 1.54) is 16.7 Å². The molecule has 3 nitrogen and oxygen atoms in total. The highest BCUT2D eigenvalue weighted by Gasteiger charge is 2.18. The first kappa shape index (κ1) is 20.5. The molecular formula is C27H30N2O. The van der Waals surface area contributed by atoms with E-state index in [1.807, 2.05) is 24.4 Å². The number of aromatic nitrogens is 1. The highest BCUT2D eigenvalue weighted by Crippen LogP contribution is 2.32. The quantitative estimate of drug-likeness (QED) is 0.463. The molecule has 4 rings (SSSR count). The smallest absolute Gasteiger partial charge is 0.0887 e. The van der Waals surface area contributed by atoms with E-state index in [0.29, 0.717) is 6.61 Å². The van der Waals surface area contributed by atoms with Gasteiger partial charge in [-0.15, -0.1) is 0 Å². The zero-order valence-electron chi connectivity index (χ0n) is 17.5. The van der Waals surface area contributed by atoms with Crippen molar-refractivity contribution in [3.05, 3.63) is 107 Å². The highest BCUT2D eigenvalue weighted by molar-refractivity contribution is 5.82. The molecule has 3 aromatic rings. The lowest BCUT2D eigenvalue weighted by Gasteiger charge is -2.30. The average molecular weight is 399 g/mol. The molecule has 0 saturated carbocycles. The second-order valence-corrected chi connectivity index (χ2v) is 7.78. The van der Waals surface area contributed by atoms with Crippen LogP contribution in [0.2, 0.25) is 0 Å². The van der Waals surface area contributed by atoms with Crippen molar-refractivity contribution in [3.8, 4) is 0 Å². The first-order chi connectivity index (χ1) is 14.9. The van der Waals surface area contributed by atoms with Crippen LogP contribution in [0.25, 0.3) is 5.57 Å². The van der Waals surface area contributed by atoms with Gasteiger partial charge >= 0.3 is 0 Å². The first-order valence-electron chi connectivity index (χ1n) is 10.9. The minimum Gasteiger partial charge on any atom is -0.375 e. The fourth-order valence-electron chi connectivity index (χ4n) is 4.13. The second kappa shape index (κ2) is 10.9. The number of piperidine rings is 1. The molecule has 2 aromatic carbocycles. The molecule has 0 atom stereocenters. The van der Waals surface area contributed by atoms with Gasteiger partial charge in [-0.3, -0.25) is 4.98 Å². The molecule has 0 spiro atoms. The van der Waals surface area contributed by atoms with Crippen molar-refractivity contribution >= 4 is 5.57 Å². The van der Waals surface area contributed by atoms with Crippen LogP contribution in [0, 0.1) is 0 Å². The monoisotopic (exact) mass is 398 g/mol. The lowest BCUT2D eigenvalue weighted by molar-refractivity contribution is 0.105. The number of rotatable bonds is 8. The summed E-state index contributed by atoms with van der Waals surface area (Å²) < 4.78 is 5.79. The molecule has 0 amide bonds. The van der Waals surface area contributed by atoms with E-state index in [2.05, 4.69) is 70.5 Å². The lowest BCUT2D eigenvalue weighted by atomic mass is 9.88. The van der Waals surface area contributed by atoms with E-state index >= 15 is 0 Å². The second-order valence-electron chi connectivity index (χ2n) is 7.78. The maximum atomic E-state index is 5.79. The van der Waals surface area contributed by atoms with Crippen LogP contribution in [-0.2, 0) is 11.3 Å². The molecule has 154 valence electrons.